The van der Waals surface area contributed by atoms with E-state index in [4.69, 9.17) is 5.73 Å². The van der Waals surface area contributed by atoms with Gasteiger partial charge in [-0.05, 0) is 36.4 Å². The van der Waals surface area contributed by atoms with Gasteiger partial charge in [0.1, 0.15) is 5.03 Å². The zero-order valence-electron chi connectivity index (χ0n) is 13.8. The lowest BCUT2D eigenvalue weighted by Crippen LogP contribution is -2.15. The maximum atomic E-state index is 12.0. The molecule has 1 heterocycles. The SMILES string of the molecule is NC(=O)c1ccc(NC(=O)CSc2ccc(-c3ccccc3)nn2)cc1. The Kier molecular flexibility index (Phi) is 5.60. The molecule has 0 bridgehead atoms. The summed E-state index contributed by atoms with van der Waals surface area (Å²) >= 11 is 1.30. The molecule has 3 rings (SSSR count). The summed E-state index contributed by atoms with van der Waals surface area (Å²) in [4.78, 5) is 23.0. The number of aromatic nitrogens is 2. The number of anilines is 1. The smallest absolute Gasteiger partial charge is 0.248 e. The predicted molar refractivity (Wildman–Crippen MR) is 102 cm³/mol. The van der Waals surface area contributed by atoms with Gasteiger partial charge in [0.25, 0.3) is 0 Å². The molecule has 2 aromatic carbocycles. The highest BCUT2D eigenvalue weighted by atomic mass is 32.2. The summed E-state index contributed by atoms with van der Waals surface area (Å²) < 4.78 is 0. The van der Waals surface area contributed by atoms with E-state index < -0.39 is 5.91 Å². The number of nitrogens with two attached hydrogens (primary N) is 1. The van der Waals surface area contributed by atoms with Crippen molar-refractivity contribution in [1.29, 1.82) is 0 Å². The van der Waals surface area contributed by atoms with Gasteiger partial charge in [-0.1, -0.05) is 42.1 Å². The lowest BCUT2D eigenvalue weighted by atomic mass is 10.1. The van der Waals surface area contributed by atoms with Crippen LogP contribution >= 0.6 is 11.8 Å². The van der Waals surface area contributed by atoms with Crippen molar-refractivity contribution < 1.29 is 9.59 Å². The van der Waals surface area contributed by atoms with E-state index in [0.717, 1.165) is 11.3 Å². The number of thioether (sulfide) groups is 1. The van der Waals surface area contributed by atoms with Crippen molar-refractivity contribution in [1.82, 2.24) is 10.2 Å². The number of carbonyl (C=O) groups is 2. The average molecular weight is 364 g/mol. The van der Waals surface area contributed by atoms with E-state index in [2.05, 4.69) is 15.5 Å². The predicted octanol–water partition coefficient (Wildman–Crippen LogP) is 2.97. The van der Waals surface area contributed by atoms with Crippen molar-refractivity contribution in [3.63, 3.8) is 0 Å². The van der Waals surface area contributed by atoms with Gasteiger partial charge in [-0.25, -0.2) is 0 Å². The molecule has 0 unspecified atom stereocenters. The van der Waals surface area contributed by atoms with E-state index in [1.807, 2.05) is 42.5 Å². The summed E-state index contributed by atoms with van der Waals surface area (Å²) in [5.41, 5.74) is 7.96. The summed E-state index contributed by atoms with van der Waals surface area (Å²) in [6.45, 7) is 0. The Morgan fingerprint density at radius 3 is 2.27 bits per heavy atom. The highest BCUT2D eigenvalue weighted by Crippen LogP contribution is 2.20. The van der Waals surface area contributed by atoms with Crippen LogP contribution in [0.5, 0.6) is 0 Å². The molecule has 3 aromatic rings. The summed E-state index contributed by atoms with van der Waals surface area (Å²) in [5.74, 6) is -0.469. The first kappa shape index (κ1) is 17.6. The van der Waals surface area contributed by atoms with Crippen molar-refractivity contribution in [2.45, 2.75) is 5.03 Å². The Balaban J connectivity index is 1.53. The third kappa shape index (κ3) is 4.67. The highest BCUT2D eigenvalue weighted by molar-refractivity contribution is 7.99. The van der Waals surface area contributed by atoms with Crippen molar-refractivity contribution >= 4 is 29.3 Å². The molecule has 6 nitrogen and oxygen atoms in total. The lowest BCUT2D eigenvalue weighted by molar-refractivity contribution is -0.113. The van der Waals surface area contributed by atoms with Crippen molar-refractivity contribution in [3.05, 3.63) is 72.3 Å². The fourth-order valence-corrected chi connectivity index (χ4v) is 2.83. The van der Waals surface area contributed by atoms with Crippen LogP contribution < -0.4 is 11.1 Å². The van der Waals surface area contributed by atoms with E-state index in [0.29, 0.717) is 16.3 Å². The summed E-state index contributed by atoms with van der Waals surface area (Å²) in [7, 11) is 0. The third-order valence-electron chi connectivity index (χ3n) is 3.51. The standard InChI is InChI=1S/C19H16N4O2S/c20-19(25)14-6-8-15(9-7-14)21-17(24)12-26-18-11-10-16(22-23-18)13-4-2-1-3-5-13/h1-11H,12H2,(H2,20,25)(H,21,24). The lowest BCUT2D eigenvalue weighted by Gasteiger charge is -2.06. The minimum absolute atomic E-state index is 0.171. The molecule has 3 N–H and O–H groups in total. The maximum Gasteiger partial charge on any atom is 0.248 e. The number of rotatable bonds is 6. The van der Waals surface area contributed by atoms with Crippen LogP contribution in [0.3, 0.4) is 0 Å². The molecule has 0 saturated carbocycles. The minimum Gasteiger partial charge on any atom is -0.366 e. The van der Waals surface area contributed by atoms with Crippen molar-refractivity contribution in [2.24, 2.45) is 5.73 Å². The minimum atomic E-state index is -0.504. The Hall–Kier alpha value is -3.19. The molecule has 0 spiro atoms. The molecule has 0 aliphatic carbocycles. The molecule has 7 heteroatoms. The van der Waals surface area contributed by atoms with E-state index >= 15 is 0 Å². The summed E-state index contributed by atoms with van der Waals surface area (Å²) in [6.07, 6.45) is 0. The highest BCUT2D eigenvalue weighted by Gasteiger charge is 2.07. The van der Waals surface area contributed by atoms with Gasteiger partial charge in [0.2, 0.25) is 11.8 Å². The van der Waals surface area contributed by atoms with Crippen LogP contribution in [0.2, 0.25) is 0 Å². The second-order valence-electron chi connectivity index (χ2n) is 5.40. The van der Waals surface area contributed by atoms with Gasteiger partial charge in [-0.2, -0.15) is 0 Å². The number of carbonyl (C=O) groups excluding carboxylic acids is 2. The monoisotopic (exact) mass is 364 g/mol. The van der Waals surface area contributed by atoms with Gasteiger partial charge >= 0.3 is 0 Å². The van der Waals surface area contributed by atoms with Gasteiger partial charge in [-0.15, -0.1) is 10.2 Å². The van der Waals surface area contributed by atoms with E-state index in [1.54, 1.807) is 24.3 Å². The maximum absolute atomic E-state index is 12.0. The first-order valence-corrected chi connectivity index (χ1v) is 8.82. The van der Waals surface area contributed by atoms with Crippen LogP contribution in [0, 0.1) is 0 Å². The zero-order valence-corrected chi connectivity index (χ0v) is 14.6. The molecular weight excluding hydrogens is 348 g/mol. The molecular formula is C19H16N4O2S. The molecule has 0 aliphatic heterocycles. The van der Waals surface area contributed by atoms with Crippen LogP contribution in [0.15, 0.2) is 71.8 Å². The van der Waals surface area contributed by atoms with Crippen LogP contribution in [0.1, 0.15) is 10.4 Å². The topological polar surface area (TPSA) is 98.0 Å². The van der Waals surface area contributed by atoms with Gasteiger partial charge in [0.15, 0.2) is 0 Å². The molecule has 26 heavy (non-hydrogen) atoms. The van der Waals surface area contributed by atoms with E-state index in [9.17, 15) is 9.59 Å². The van der Waals surface area contributed by atoms with Gasteiger partial charge in [0, 0.05) is 16.8 Å². The summed E-state index contributed by atoms with van der Waals surface area (Å²) in [5, 5.41) is 11.8. The number of amides is 2. The summed E-state index contributed by atoms with van der Waals surface area (Å²) in [6, 6.07) is 19.9. The first-order valence-electron chi connectivity index (χ1n) is 7.83. The average Bonchev–Trinajstić information content (AvgIpc) is 2.68. The Morgan fingerprint density at radius 1 is 0.923 bits per heavy atom. The zero-order chi connectivity index (χ0) is 18.4. The van der Waals surface area contributed by atoms with Gasteiger partial charge < -0.3 is 11.1 Å². The van der Waals surface area contributed by atoms with E-state index in [-0.39, 0.29) is 11.7 Å². The van der Waals surface area contributed by atoms with Gasteiger partial charge in [-0.3, -0.25) is 9.59 Å². The molecule has 0 aliphatic rings. The largest absolute Gasteiger partial charge is 0.366 e. The second kappa shape index (κ2) is 8.26. The molecule has 130 valence electrons. The molecule has 0 atom stereocenters. The fourth-order valence-electron chi connectivity index (χ4n) is 2.21. The van der Waals surface area contributed by atoms with Crippen LogP contribution in [-0.2, 0) is 4.79 Å². The molecule has 0 fully saturated rings. The Bertz CT molecular complexity index is 897. The number of primary amides is 1. The number of nitrogens with zero attached hydrogens (tertiary/aromatic N) is 2. The number of hydrogen-bond acceptors (Lipinski definition) is 5. The molecule has 1 aromatic heterocycles. The normalized spacial score (nSPS) is 10.3. The molecule has 0 saturated heterocycles. The fraction of sp³-hybridized carbons (Fsp3) is 0.0526. The first-order chi connectivity index (χ1) is 12.6. The number of benzene rings is 2. The second-order valence-corrected chi connectivity index (χ2v) is 6.40. The van der Waals surface area contributed by atoms with Gasteiger partial charge in [0.05, 0.1) is 11.4 Å². The Morgan fingerprint density at radius 2 is 1.65 bits per heavy atom. The van der Waals surface area contributed by atoms with E-state index in [1.165, 1.54) is 11.8 Å². The van der Waals surface area contributed by atoms with Crippen LogP contribution in [0.25, 0.3) is 11.3 Å². The van der Waals surface area contributed by atoms with Crippen molar-refractivity contribution in [2.75, 3.05) is 11.1 Å². The Labute approximate surface area is 154 Å². The molecule has 0 radical (unpaired) electrons. The number of nitrogens with one attached hydrogen (secondary N) is 1. The van der Waals surface area contributed by atoms with Crippen LogP contribution in [-0.4, -0.2) is 27.8 Å². The van der Waals surface area contributed by atoms with Crippen molar-refractivity contribution in [3.8, 4) is 11.3 Å². The quantitative estimate of drug-likeness (QED) is 0.655. The number of hydrogen-bond donors (Lipinski definition) is 2. The third-order valence-corrected chi connectivity index (χ3v) is 4.43. The molecule has 2 amide bonds. The van der Waals surface area contributed by atoms with Crippen LogP contribution in [0.4, 0.5) is 5.69 Å².